The van der Waals surface area contributed by atoms with E-state index in [4.69, 9.17) is 0 Å². The fraction of sp³-hybridized carbons (Fsp3) is 0.417. The summed E-state index contributed by atoms with van der Waals surface area (Å²) in [6.45, 7) is -0.0371. The number of halogens is 3. The number of pyridine rings is 1. The van der Waals surface area contributed by atoms with Crippen molar-refractivity contribution in [1.29, 1.82) is 5.26 Å². The predicted octanol–water partition coefficient (Wildman–Crippen LogP) is 2.42. The van der Waals surface area contributed by atoms with Crippen LogP contribution in [0.4, 0.5) is 13.2 Å². The number of benzene rings is 1. The van der Waals surface area contributed by atoms with Crippen LogP contribution in [-0.2, 0) is 30.9 Å². The first-order chi connectivity index (χ1) is 17.8. The van der Waals surface area contributed by atoms with Crippen molar-refractivity contribution in [3.05, 3.63) is 48.2 Å². The van der Waals surface area contributed by atoms with Crippen molar-refractivity contribution in [3.8, 4) is 17.3 Å². The van der Waals surface area contributed by atoms with Gasteiger partial charge in [-0.15, -0.1) is 5.06 Å². The highest BCUT2D eigenvalue weighted by Gasteiger charge is 2.44. The third-order valence-corrected chi connectivity index (χ3v) is 7.68. The molecular formula is C24H26F3N5O5S. The van der Waals surface area contributed by atoms with E-state index in [2.05, 4.69) is 15.1 Å². The molecule has 0 unspecified atom stereocenters. The number of rotatable bonds is 8. The van der Waals surface area contributed by atoms with Crippen LogP contribution >= 0.6 is 0 Å². The molecule has 3 rings (SSSR count). The monoisotopic (exact) mass is 553 g/mol. The number of amides is 1. The highest BCUT2D eigenvalue weighted by atomic mass is 32.2. The minimum Gasteiger partial charge on any atom is -0.360 e. The second-order valence-electron chi connectivity index (χ2n) is 8.79. The number of nitriles is 1. The summed E-state index contributed by atoms with van der Waals surface area (Å²) in [4.78, 5) is 32.9. The number of hydrogen-bond acceptors (Lipinski definition) is 8. The summed E-state index contributed by atoms with van der Waals surface area (Å²) in [5.41, 5.74) is 1.84. The summed E-state index contributed by atoms with van der Waals surface area (Å²) in [6.07, 6.45) is -2.46. The van der Waals surface area contributed by atoms with Crippen molar-refractivity contribution in [1.82, 2.24) is 19.7 Å². The molecule has 1 aliphatic rings. The Hall–Kier alpha value is -3.54. The zero-order chi connectivity index (χ0) is 28.1. The molecule has 1 N–H and O–H groups in total. The number of hydroxylamine groups is 2. The van der Waals surface area contributed by atoms with Crippen LogP contribution in [0.2, 0.25) is 0 Å². The van der Waals surface area contributed by atoms with Crippen LogP contribution in [0.5, 0.6) is 0 Å². The summed E-state index contributed by atoms with van der Waals surface area (Å²) >= 11 is 0. The lowest BCUT2D eigenvalue weighted by molar-refractivity contribution is -0.248. The molecule has 0 spiro atoms. The first kappa shape index (κ1) is 29.0. The van der Waals surface area contributed by atoms with Crippen molar-refractivity contribution in [2.75, 3.05) is 20.6 Å². The lowest BCUT2D eigenvalue weighted by Crippen LogP contribution is -2.53. The average molecular weight is 554 g/mol. The van der Waals surface area contributed by atoms with Gasteiger partial charge in [-0.25, -0.2) is 17.5 Å². The number of carbonyl (C=O) groups excluding carboxylic acids is 2. The Kier molecular flexibility index (Phi) is 9.08. The average Bonchev–Trinajstić information content (AvgIpc) is 2.88. The van der Waals surface area contributed by atoms with Gasteiger partial charge in [0.05, 0.1) is 16.7 Å². The summed E-state index contributed by atoms with van der Waals surface area (Å²) < 4.78 is 63.3. The predicted molar refractivity (Wildman–Crippen MR) is 128 cm³/mol. The minimum absolute atomic E-state index is 0.0371. The molecule has 1 fully saturated rings. The molecule has 38 heavy (non-hydrogen) atoms. The highest BCUT2D eigenvalue weighted by molar-refractivity contribution is 7.89. The SMILES string of the molecule is CN(C)S(=O)(=O)c1ccc(-c2ccc(C[C@@H](C#N)NC(=O)[C@@H]3CCCCN3OC(=O)C(F)(F)F)cn2)cc1. The number of carbonyl (C=O) groups is 2. The van der Waals surface area contributed by atoms with E-state index >= 15 is 0 Å². The van der Waals surface area contributed by atoms with Crippen LogP contribution in [0, 0.1) is 11.3 Å². The molecule has 14 heteroatoms. The van der Waals surface area contributed by atoms with Crippen molar-refractivity contribution < 1.29 is 36.0 Å². The molecule has 1 aromatic heterocycles. The van der Waals surface area contributed by atoms with Gasteiger partial charge in [-0.3, -0.25) is 9.78 Å². The van der Waals surface area contributed by atoms with E-state index in [1.54, 1.807) is 24.3 Å². The number of nitrogens with one attached hydrogen (secondary N) is 1. The van der Waals surface area contributed by atoms with Gasteiger partial charge in [-0.05, 0) is 43.0 Å². The van der Waals surface area contributed by atoms with Gasteiger partial charge >= 0.3 is 12.1 Å². The van der Waals surface area contributed by atoms with E-state index in [1.165, 1.54) is 32.4 Å². The molecule has 2 atom stereocenters. The van der Waals surface area contributed by atoms with Gasteiger partial charge in [-0.1, -0.05) is 18.2 Å². The fourth-order valence-electron chi connectivity index (χ4n) is 3.79. The summed E-state index contributed by atoms with van der Waals surface area (Å²) in [5.74, 6) is -3.13. The van der Waals surface area contributed by atoms with Crippen molar-refractivity contribution in [3.63, 3.8) is 0 Å². The Morgan fingerprint density at radius 2 is 1.89 bits per heavy atom. The lowest BCUT2D eigenvalue weighted by atomic mass is 10.0. The Balaban J connectivity index is 1.64. The number of sulfonamides is 1. The van der Waals surface area contributed by atoms with Crippen molar-refractivity contribution in [2.24, 2.45) is 0 Å². The van der Waals surface area contributed by atoms with Crippen molar-refractivity contribution >= 4 is 21.9 Å². The normalized spacial score (nSPS) is 17.4. The standard InChI is InChI=1S/C24H26F3N5O5S/c1-31(2)38(35,36)19-9-7-17(8-10-19)20-11-6-16(15-29-20)13-18(14-28)30-22(33)21-5-3-4-12-32(21)37-23(34)24(25,26)27/h6-11,15,18,21H,3-5,12-13H2,1-2H3,(H,30,33)/t18-,21-/m0/s1. The van der Waals surface area contributed by atoms with Crippen LogP contribution in [0.25, 0.3) is 11.3 Å². The number of aromatic nitrogens is 1. The zero-order valence-corrected chi connectivity index (χ0v) is 21.4. The molecule has 0 bridgehead atoms. The fourth-order valence-corrected chi connectivity index (χ4v) is 4.69. The van der Waals surface area contributed by atoms with Crippen LogP contribution in [0.1, 0.15) is 24.8 Å². The topological polar surface area (TPSA) is 133 Å². The van der Waals surface area contributed by atoms with E-state index in [0.717, 1.165) is 4.31 Å². The number of piperidine rings is 1. The minimum atomic E-state index is -5.20. The number of hydrogen-bond donors (Lipinski definition) is 1. The van der Waals surface area contributed by atoms with E-state index in [1.807, 2.05) is 6.07 Å². The Labute approximate surface area is 218 Å². The maximum Gasteiger partial charge on any atom is 0.492 e. The van der Waals surface area contributed by atoms with Gasteiger partial charge < -0.3 is 10.2 Å². The third kappa shape index (κ3) is 7.06. The Bertz CT molecular complexity index is 1290. The first-order valence-electron chi connectivity index (χ1n) is 11.6. The zero-order valence-electron chi connectivity index (χ0n) is 20.6. The van der Waals surface area contributed by atoms with E-state index in [-0.39, 0.29) is 24.3 Å². The summed E-state index contributed by atoms with van der Waals surface area (Å²) in [6, 6.07) is 9.37. The van der Waals surface area contributed by atoms with Gasteiger partial charge in [0.25, 0.3) is 0 Å². The molecule has 0 aliphatic carbocycles. The van der Waals surface area contributed by atoms with E-state index in [0.29, 0.717) is 34.7 Å². The molecular weight excluding hydrogens is 527 g/mol. The molecule has 204 valence electrons. The second-order valence-corrected chi connectivity index (χ2v) is 10.9. The Morgan fingerprint density at radius 3 is 2.45 bits per heavy atom. The number of alkyl halides is 3. The quantitative estimate of drug-likeness (QED) is 0.527. The lowest BCUT2D eigenvalue weighted by Gasteiger charge is -2.33. The highest BCUT2D eigenvalue weighted by Crippen LogP contribution is 2.24. The van der Waals surface area contributed by atoms with Crippen LogP contribution in [0.15, 0.2) is 47.5 Å². The maximum atomic E-state index is 12.7. The third-order valence-electron chi connectivity index (χ3n) is 5.85. The van der Waals surface area contributed by atoms with E-state index in [9.17, 15) is 36.4 Å². The molecule has 0 radical (unpaired) electrons. The molecule has 2 aromatic rings. The molecule has 1 aliphatic heterocycles. The second kappa shape index (κ2) is 11.9. The summed E-state index contributed by atoms with van der Waals surface area (Å²) in [5, 5.41) is 12.7. The molecule has 10 nitrogen and oxygen atoms in total. The van der Waals surface area contributed by atoms with Crippen LogP contribution in [-0.4, -0.2) is 73.5 Å². The number of nitrogens with zero attached hydrogens (tertiary/aromatic N) is 4. The summed E-state index contributed by atoms with van der Waals surface area (Å²) in [7, 11) is -0.686. The Morgan fingerprint density at radius 1 is 1.21 bits per heavy atom. The molecule has 0 saturated carbocycles. The largest absolute Gasteiger partial charge is 0.492 e. The molecule has 1 amide bonds. The van der Waals surface area contributed by atoms with Crippen LogP contribution < -0.4 is 5.32 Å². The first-order valence-corrected chi connectivity index (χ1v) is 13.0. The van der Waals surface area contributed by atoms with Gasteiger partial charge in [0.15, 0.2) is 0 Å². The smallest absolute Gasteiger partial charge is 0.360 e. The van der Waals surface area contributed by atoms with Gasteiger partial charge in [0.2, 0.25) is 15.9 Å². The van der Waals surface area contributed by atoms with Gasteiger partial charge in [-0.2, -0.15) is 18.4 Å². The van der Waals surface area contributed by atoms with Crippen LogP contribution in [0.3, 0.4) is 0 Å². The molecule has 1 saturated heterocycles. The van der Waals surface area contributed by atoms with Gasteiger partial charge in [0.1, 0.15) is 12.1 Å². The van der Waals surface area contributed by atoms with Gasteiger partial charge in [0, 0.05) is 38.8 Å². The molecule has 1 aromatic carbocycles. The van der Waals surface area contributed by atoms with Crippen molar-refractivity contribution in [2.45, 2.75) is 48.8 Å². The molecule has 2 heterocycles. The van der Waals surface area contributed by atoms with E-state index < -0.39 is 40.2 Å². The maximum absolute atomic E-state index is 12.7.